The second-order valence-electron chi connectivity index (χ2n) is 4.39. The van der Waals surface area contributed by atoms with Gasteiger partial charge in [-0.1, -0.05) is 23.7 Å². The van der Waals surface area contributed by atoms with E-state index in [1.54, 1.807) is 30.5 Å². The second kappa shape index (κ2) is 6.38. The molecule has 0 aliphatic heterocycles. The average Bonchev–Trinajstić information content (AvgIpc) is 2.46. The average molecular weight is 288 g/mol. The summed E-state index contributed by atoms with van der Waals surface area (Å²) in [6, 6.07) is 11.0. The van der Waals surface area contributed by atoms with Crippen LogP contribution in [0.5, 0.6) is 5.75 Å². The Labute approximate surface area is 122 Å². The molecule has 1 aromatic heterocycles. The molecule has 0 amide bonds. The first-order chi connectivity index (χ1) is 9.61. The molecule has 0 fully saturated rings. The van der Waals surface area contributed by atoms with Crippen LogP contribution in [0.2, 0.25) is 5.02 Å². The van der Waals surface area contributed by atoms with Gasteiger partial charge in [0.15, 0.2) is 0 Å². The Morgan fingerprint density at radius 3 is 2.90 bits per heavy atom. The van der Waals surface area contributed by atoms with Crippen molar-refractivity contribution in [1.29, 1.82) is 5.26 Å². The lowest BCUT2D eigenvalue weighted by molar-refractivity contribution is 0.305. The smallest absolute Gasteiger partial charge is 0.147 e. The minimum atomic E-state index is -0.0786. The van der Waals surface area contributed by atoms with Crippen molar-refractivity contribution in [3.05, 3.63) is 58.4 Å². The Bertz CT molecular complexity index is 650. The van der Waals surface area contributed by atoms with E-state index in [4.69, 9.17) is 27.3 Å². The summed E-state index contributed by atoms with van der Waals surface area (Å²) < 4.78 is 5.64. The second-order valence-corrected chi connectivity index (χ2v) is 4.80. The Balaban J connectivity index is 2.14. The summed E-state index contributed by atoms with van der Waals surface area (Å²) in [6.45, 7) is 2.13. The number of nitriles is 1. The van der Waals surface area contributed by atoms with Crippen LogP contribution in [0.3, 0.4) is 0 Å². The summed E-state index contributed by atoms with van der Waals surface area (Å²) in [6.07, 6.45) is 1.58. The van der Waals surface area contributed by atoms with E-state index in [2.05, 4.69) is 4.98 Å². The lowest BCUT2D eigenvalue weighted by Gasteiger charge is -2.11. The monoisotopic (exact) mass is 287 g/mol. The molecule has 0 bridgehead atoms. The first-order valence-corrected chi connectivity index (χ1v) is 6.51. The largest absolute Gasteiger partial charge is 0.487 e. The van der Waals surface area contributed by atoms with Gasteiger partial charge in [0.05, 0.1) is 5.02 Å². The lowest BCUT2D eigenvalue weighted by atomic mass is 10.1. The van der Waals surface area contributed by atoms with Gasteiger partial charge in [0.1, 0.15) is 24.1 Å². The molecule has 102 valence electrons. The summed E-state index contributed by atoms with van der Waals surface area (Å²) in [7, 11) is 0. The molecule has 0 saturated heterocycles. The summed E-state index contributed by atoms with van der Waals surface area (Å²) in [5, 5.41) is 9.46. The first kappa shape index (κ1) is 14.3. The fourth-order valence-corrected chi connectivity index (χ4v) is 1.97. The van der Waals surface area contributed by atoms with E-state index in [1.165, 1.54) is 0 Å². The number of ether oxygens (including phenoxy) is 1. The molecule has 0 aliphatic carbocycles. The zero-order valence-corrected chi connectivity index (χ0v) is 11.8. The molecule has 2 rings (SSSR count). The van der Waals surface area contributed by atoms with Crippen molar-refractivity contribution in [3.63, 3.8) is 0 Å². The number of aromatic nitrogens is 1. The van der Waals surface area contributed by atoms with Gasteiger partial charge < -0.3 is 10.5 Å². The quantitative estimate of drug-likeness (QED) is 0.937. The molecule has 1 unspecified atom stereocenters. The van der Waals surface area contributed by atoms with Crippen LogP contribution in [0.1, 0.15) is 29.8 Å². The number of nitrogens with zero attached hydrogens (tertiary/aromatic N) is 2. The van der Waals surface area contributed by atoms with Crippen molar-refractivity contribution >= 4 is 11.6 Å². The van der Waals surface area contributed by atoms with Gasteiger partial charge in [-0.15, -0.1) is 0 Å². The predicted octanol–water partition coefficient (Wildman–Crippen LogP) is 3.21. The summed E-state index contributed by atoms with van der Waals surface area (Å²) in [4.78, 5) is 3.98. The van der Waals surface area contributed by atoms with E-state index in [9.17, 15) is 0 Å². The van der Waals surface area contributed by atoms with Crippen LogP contribution in [-0.4, -0.2) is 4.98 Å². The van der Waals surface area contributed by atoms with Crippen LogP contribution in [-0.2, 0) is 6.61 Å². The highest BCUT2D eigenvalue weighted by atomic mass is 35.5. The molecule has 2 aromatic rings. The molecular formula is C15H14ClN3O. The zero-order valence-electron chi connectivity index (χ0n) is 11.0. The van der Waals surface area contributed by atoms with Crippen molar-refractivity contribution < 1.29 is 4.74 Å². The van der Waals surface area contributed by atoms with Gasteiger partial charge in [-0.2, -0.15) is 5.26 Å². The highest BCUT2D eigenvalue weighted by Crippen LogP contribution is 2.28. The van der Waals surface area contributed by atoms with Crippen molar-refractivity contribution in [2.75, 3.05) is 0 Å². The van der Waals surface area contributed by atoms with E-state index < -0.39 is 0 Å². The van der Waals surface area contributed by atoms with Crippen LogP contribution in [0, 0.1) is 11.3 Å². The van der Waals surface area contributed by atoms with Gasteiger partial charge in [0.25, 0.3) is 0 Å². The molecular weight excluding hydrogens is 274 g/mol. The molecule has 2 N–H and O–H groups in total. The van der Waals surface area contributed by atoms with Gasteiger partial charge in [0.2, 0.25) is 0 Å². The van der Waals surface area contributed by atoms with Gasteiger partial charge in [-0.3, -0.25) is 0 Å². The number of nitrogens with two attached hydrogens (primary N) is 1. The Hall–Kier alpha value is -2.09. The fraction of sp³-hybridized carbons (Fsp3) is 0.200. The molecule has 0 saturated carbocycles. The third-order valence-electron chi connectivity index (χ3n) is 2.86. The Morgan fingerprint density at radius 2 is 2.25 bits per heavy atom. The fourth-order valence-electron chi connectivity index (χ4n) is 1.73. The molecule has 1 heterocycles. The third kappa shape index (κ3) is 3.27. The summed E-state index contributed by atoms with van der Waals surface area (Å²) in [5.41, 5.74) is 7.82. The summed E-state index contributed by atoms with van der Waals surface area (Å²) in [5.74, 6) is 0.559. The topological polar surface area (TPSA) is 71.9 Å². The predicted molar refractivity (Wildman–Crippen MR) is 77.3 cm³/mol. The molecule has 0 spiro atoms. The number of rotatable bonds is 4. The Kier molecular flexibility index (Phi) is 4.57. The SMILES string of the molecule is CC(N)c1ccc(OCc2cccnc2C#N)c(Cl)c1. The molecule has 1 atom stereocenters. The van der Waals surface area contributed by atoms with Gasteiger partial charge in [-0.25, -0.2) is 4.98 Å². The first-order valence-electron chi connectivity index (χ1n) is 6.13. The van der Waals surface area contributed by atoms with Crippen molar-refractivity contribution in [2.45, 2.75) is 19.6 Å². The maximum atomic E-state index is 8.96. The molecule has 20 heavy (non-hydrogen) atoms. The maximum Gasteiger partial charge on any atom is 0.147 e. The van der Waals surface area contributed by atoms with Crippen molar-refractivity contribution in [3.8, 4) is 11.8 Å². The standard InChI is InChI=1S/C15H14ClN3O/c1-10(18)11-4-5-15(13(16)7-11)20-9-12-3-2-6-19-14(12)8-17/h2-7,10H,9,18H2,1H3. The maximum absolute atomic E-state index is 8.96. The highest BCUT2D eigenvalue weighted by molar-refractivity contribution is 6.32. The van der Waals surface area contributed by atoms with Crippen LogP contribution < -0.4 is 10.5 Å². The number of hydrogen-bond acceptors (Lipinski definition) is 4. The molecule has 0 aliphatic rings. The van der Waals surface area contributed by atoms with Crippen LogP contribution in [0.25, 0.3) is 0 Å². The third-order valence-corrected chi connectivity index (χ3v) is 3.16. The highest BCUT2D eigenvalue weighted by Gasteiger charge is 2.08. The Morgan fingerprint density at radius 1 is 1.45 bits per heavy atom. The normalized spacial score (nSPS) is 11.7. The van der Waals surface area contributed by atoms with E-state index in [0.717, 1.165) is 11.1 Å². The van der Waals surface area contributed by atoms with Gasteiger partial charge >= 0.3 is 0 Å². The minimum absolute atomic E-state index is 0.0786. The van der Waals surface area contributed by atoms with Gasteiger partial charge in [0, 0.05) is 17.8 Å². The van der Waals surface area contributed by atoms with E-state index in [1.807, 2.05) is 19.1 Å². The molecule has 0 radical (unpaired) electrons. The van der Waals surface area contributed by atoms with Crippen LogP contribution >= 0.6 is 11.6 Å². The van der Waals surface area contributed by atoms with E-state index >= 15 is 0 Å². The number of hydrogen-bond donors (Lipinski definition) is 1. The zero-order chi connectivity index (χ0) is 14.5. The number of benzene rings is 1. The van der Waals surface area contributed by atoms with Crippen LogP contribution in [0.4, 0.5) is 0 Å². The number of halogens is 1. The van der Waals surface area contributed by atoms with Gasteiger partial charge in [-0.05, 0) is 30.7 Å². The van der Waals surface area contributed by atoms with Crippen molar-refractivity contribution in [1.82, 2.24) is 4.98 Å². The molecule has 1 aromatic carbocycles. The minimum Gasteiger partial charge on any atom is -0.487 e. The molecule has 4 nitrogen and oxygen atoms in total. The number of pyridine rings is 1. The van der Waals surface area contributed by atoms with E-state index in [-0.39, 0.29) is 12.6 Å². The molecule has 5 heteroatoms. The summed E-state index contributed by atoms with van der Waals surface area (Å²) >= 11 is 6.15. The lowest BCUT2D eigenvalue weighted by Crippen LogP contribution is -2.05. The van der Waals surface area contributed by atoms with E-state index in [0.29, 0.717) is 16.5 Å². The van der Waals surface area contributed by atoms with Crippen LogP contribution in [0.15, 0.2) is 36.5 Å². The van der Waals surface area contributed by atoms with Crippen molar-refractivity contribution in [2.24, 2.45) is 5.73 Å².